The van der Waals surface area contributed by atoms with Crippen molar-refractivity contribution in [2.45, 2.75) is 24.8 Å². The van der Waals surface area contributed by atoms with E-state index in [0.717, 1.165) is 33.7 Å². The van der Waals surface area contributed by atoms with E-state index in [0.29, 0.717) is 30.6 Å². The summed E-state index contributed by atoms with van der Waals surface area (Å²) in [7, 11) is 0. The molecule has 2 aliphatic heterocycles. The van der Waals surface area contributed by atoms with E-state index in [1.54, 1.807) is 29.2 Å². The van der Waals surface area contributed by atoms with Gasteiger partial charge in [0.1, 0.15) is 12.1 Å². The van der Waals surface area contributed by atoms with Gasteiger partial charge in [-0.15, -0.1) is 0 Å². The van der Waals surface area contributed by atoms with Crippen molar-refractivity contribution in [1.82, 2.24) is 10.2 Å². The SMILES string of the molecule is O=C(CN1C(=O)NC2(CCc3ccccc32)C1=O)Nc1ccc(C(=O)N2CCc3ccccc32)cc1. The Hall–Kier alpha value is -4.46. The number of rotatable bonds is 4. The van der Waals surface area contributed by atoms with E-state index in [-0.39, 0.29) is 12.5 Å². The third-order valence-corrected chi connectivity index (χ3v) is 7.27. The van der Waals surface area contributed by atoms with Crippen LogP contribution >= 0.6 is 0 Å². The molecule has 2 heterocycles. The number of nitrogens with one attached hydrogen (secondary N) is 2. The van der Waals surface area contributed by atoms with Gasteiger partial charge in [0, 0.05) is 23.5 Å². The van der Waals surface area contributed by atoms with Crippen molar-refractivity contribution < 1.29 is 19.2 Å². The topological polar surface area (TPSA) is 98.8 Å². The number of carbonyl (C=O) groups is 4. The number of anilines is 2. The molecule has 1 fully saturated rings. The predicted octanol–water partition coefficient (Wildman–Crippen LogP) is 3.22. The van der Waals surface area contributed by atoms with Crippen LogP contribution in [0, 0.1) is 0 Å². The maximum absolute atomic E-state index is 13.2. The summed E-state index contributed by atoms with van der Waals surface area (Å²) < 4.78 is 0. The van der Waals surface area contributed by atoms with E-state index in [9.17, 15) is 19.2 Å². The van der Waals surface area contributed by atoms with Crippen LogP contribution in [-0.4, -0.2) is 41.7 Å². The van der Waals surface area contributed by atoms with Crippen LogP contribution < -0.4 is 15.5 Å². The van der Waals surface area contributed by atoms with Gasteiger partial charge in [0.05, 0.1) is 0 Å². The smallest absolute Gasteiger partial charge is 0.325 e. The number of urea groups is 1. The Balaban J connectivity index is 1.12. The minimum absolute atomic E-state index is 0.0979. The first-order valence-corrected chi connectivity index (χ1v) is 12.0. The molecular weight excluding hydrogens is 456 g/mol. The van der Waals surface area contributed by atoms with Gasteiger partial charge in [-0.2, -0.15) is 0 Å². The molecule has 8 nitrogen and oxygen atoms in total. The summed E-state index contributed by atoms with van der Waals surface area (Å²) >= 11 is 0. The summed E-state index contributed by atoms with van der Waals surface area (Å²) in [5.74, 6) is -0.992. The normalized spacial score (nSPS) is 19.9. The predicted molar refractivity (Wildman–Crippen MR) is 134 cm³/mol. The van der Waals surface area contributed by atoms with Crippen LogP contribution in [0.2, 0.25) is 0 Å². The molecule has 3 aromatic rings. The van der Waals surface area contributed by atoms with Crippen molar-refractivity contribution in [3.63, 3.8) is 0 Å². The fourth-order valence-electron chi connectivity index (χ4n) is 5.48. The lowest BCUT2D eigenvalue weighted by molar-refractivity contribution is -0.134. The molecule has 2 N–H and O–H groups in total. The molecule has 1 spiro atoms. The summed E-state index contributed by atoms with van der Waals surface area (Å²) in [5.41, 5.74) is 3.81. The second kappa shape index (κ2) is 8.34. The Morgan fingerprint density at radius 3 is 2.42 bits per heavy atom. The number of hydrogen-bond acceptors (Lipinski definition) is 4. The van der Waals surface area contributed by atoms with E-state index in [2.05, 4.69) is 10.6 Å². The van der Waals surface area contributed by atoms with E-state index in [4.69, 9.17) is 0 Å². The zero-order valence-corrected chi connectivity index (χ0v) is 19.5. The highest BCUT2D eigenvalue weighted by Crippen LogP contribution is 2.41. The van der Waals surface area contributed by atoms with Gasteiger partial charge in [-0.3, -0.25) is 19.3 Å². The number of benzene rings is 3. The Bertz CT molecular complexity index is 1420. The van der Waals surface area contributed by atoms with E-state index in [1.165, 1.54) is 0 Å². The molecule has 6 rings (SSSR count). The first-order valence-electron chi connectivity index (χ1n) is 12.0. The molecule has 1 saturated heterocycles. The summed E-state index contributed by atoms with van der Waals surface area (Å²) in [6.07, 6.45) is 1.99. The van der Waals surface area contributed by atoms with Gasteiger partial charge in [-0.05, 0) is 66.3 Å². The third-order valence-electron chi connectivity index (χ3n) is 7.27. The number of aryl methyl sites for hydroxylation is 1. The van der Waals surface area contributed by atoms with Crippen LogP contribution in [0.1, 0.15) is 33.5 Å². The molecule has 0 saturated carbocycles. The van der Waals surface area contributed by atoms with Crippen molar-refractivity contribution in [1.29, 1.82) is 0 Å². The van der Waals surface area contributed by atoms with E-state index >= 15 is 0 Å². The summed E-state index contributed by atoms with van der Waals surface area (Å²) in [4.78, 5) is 54.3. The molecular formula is C28H24N4O4. The highest BCUT2D eigenvalue weighted by Gasteiger charge is 2.55. The standard InChI is InChI=1S/C28H24N4O4/c33-24(17-32-26(35)28(30-27(32)36)15-13-18-5-1-3-7-22(18)28)29-21-11-9-20(10-12-21)25(34)31-16-14-19-6-2-4-8-23(19)31/h1-12H,13-17H2,(H,29,33)(H,30,36). The first kappa shape index (κ1) is 22.0. The lowest BCUT2D eigenvalue weighted by Gasteiger charge is -2.22. The molecule has 1 unspecified atom stereocenters. The third kappa shape index (κ3) is 3.45. The van der Waals surface area contributed by atoms with E-state index in [1.807, 2.05) is 48.5 Å². The molecule has 36 heavy (non-hydrogen) atoms. The van der Waals surface area contributed by atoms with Gasteiger partial charge in [0.2, 0.25) is 5.91 Å². The minimum atomic E-state index is -1.09. The Morgan fingerprint density at radius 2 is 1.61 bits per heavy atom. The number of amides is 5. The molecule has 0 radical (unpaired) electrons. The van der Waals surface area contributed by atoms with Gasteiger partial charge in [-0.1, -0.05) is 42.5 Å². The fraction of sp³-hybridized carbons (Fsp3) is 0.214. The van der Waals surface area contributed by atoms with Crippen LogP contribution in [0.3, 0.4) is 0 Å². The molecule has 0 aromatic heterocycles. The Morgan fingerprint density at radius 1 is 0.889 bits per heavy atom. The highest BCUT2D eigenvalue weighted by molar-refractivity contribution is 6.11. The lowest BCUT2D eigenvalue weighted by Crippen LogP contribution is -2.43. The van der Waals surface area contributed by atoms with Crippen molar-refractivity contribution >= 4 is 35.1 Å². The molecule has 8 heteroatoms. The highest BCUT2D eigenvalue weighted by atomic mass is 16.2. The molecule has 1 aliphatic carbocycles. The average Bonchev–Trinajstić information content (AvgIpc) is 3.55. The van der Waals surface area contributed by atoms with Crippen LogP contribution in [0.15, 0.2) is 72.8 Å². The summed E-state index contributed by atoms with van der Waals surface area (Å²) in [6.45, 7) is 0.244. The van der Waals surface area contributed by atoms with Gasteiger partial charge in [-0.25, -0.2) is 4.79 Å². The molecule has 5 amide bonds. The fourth-order valence-corrected chi connectivity index (χ4v) is 5.48. The Kier molecular flexibility index (Phi) is 5.10. The van der Waals surface area contributed by atoms with Crippen molar-refractivity contribution in [3.05, 3.63) is 95.1 Å². The largest absolute Gasteiger partial charge is 0.325 e. The van der Waals surface area contributed by atoms with Gasteiger partial charge in [0.25, 0.3) is 11.8 Å². The van der Waals surface area contributed by atoms with Crippen molar-refractivity contribution in [2.24, 2.45) is 0 Å². The quantitative estimate of drug-likeness (QED) is 0.560. The summed E-state index contributed by atoms with van der Waals surface area (Å²) in [5, 5.41) is 5.55. The molecule has 1 atom stereocenters. The maximum Gasteiger partial charge on any atom is 0.325 e. The number of fused-ring (bicyclic) bond motifs is 3. The number of imide groups is 1. The Labute approximate surface area is 207 Å². The maximum atomic E-state index is 13.2. The number of hydrogen-bond donors (Lipinski definition) is 2. The number of carbonyl (C=O) groups excluding carboxylic acids is 4. The second-order valence-corrected chi connectivity index (χ2v) is 9.34. The zero-order chi connectivity index (χ0) is 24.9. The van der Waals surface area contributed by atoms with Crippen LogP contribution in [0.5, 0.6) is 0 Å². The molecule has 180 valence electrons. The average molecular weight is 481 g/mol. The second-order valence-electron chi connectivity index (χ2n) is 9.34. The van der Waals surface area contributed by atoms with E-state index < -0.39 is 23.4 Å². The molecule has 3 aliphatic rings. The van der Waals surface area contributed by atoms with Gasteiger partial charge in [0.15, 0.2) is 0 Å². The van der Waals surface area contributed by atoms with Crippen LogP contribution in [-0.2, 0) is 28.0 Å². The van der Waals surface area contributed by atoms with Gasteiger partial charge >= 0.3 is 6.03 Å². The van der Waals surface area contributed by atoms with Crippen LogP contribution in [0.4, 0.5) is 16.2 Å². The summed E-state index contributed by atoms with van der Waals surface area (Å²) in [6, 6.07) is 21.5. The van der Waals surface area contributed by atoms with Gasteiger partial charge < -0.3 is 15.5 Å². The van der Waals surface area contributed by atoms with Crippen molar-refractivity contribution in [3.8, 4) is 0 Å². The minimum Gasteiger partial charge on any atom is -0.325 e. The van der Waals surface area contributed by atoms with Crippen LogP contribution in [0.25, 0.3) is 0 Å². The molecule has 0 bridgehead atoms. The number of nitrogens with zero attached hydrogens (tertiary/aromatic N) is 2. The zero-order valence-electron chi connectivity index (χ0n) is 19.5. The first-order chi connectivity index (χ1) is 17.5. The number of para-hydroxylation sites is 1. The monoisotopic (exact) mass is 480 g/mol. The lowest BCUT2D eigenvalue weighted by atomic mass is 9.92. The van der Waals surface area contributed by atoms with Crippen molar-refractivity contribution in [2.75, 3.05) is 23.3 Å². The molecule has 3 aromatic carbocycles.